The second-order valence-electron chi connectivity index (χ2n) is 4.73. The molecule has 1 aromatic carbocycles. The van der Waals surface area contributed by atoms with E-state index in [1.54, 1.807) is 12.1 Å². The van der Waals surface area contributed by atoms with Crippen LogP contribution in [0.4, 0.5) is 0 Å². The summed E-state index contributed by atoms with van der Waals surface area (Å²) in [5.74, 6) is 0. The van der Waals surface area contributed by atoms with Gasteiger partial charge in [-0.05, 0) is 37.8 Å². The molecule has 6 heteroatoms. The maximum absolute atomic E-state index is 12.2. The Labute approximate surface area is 112 Å². The van der Waals surface area contributed by atoms with Gasteiger partial charge in [0.15, 0.2) is 0 Å². The molecule has 1 aliphatic rings. The van der Waals surface area contributed by atoms with Crippen LogP contribution < -0.4 is 4.72 Å². The van der Waals surface area contributed by atoms with Gasteiger partial charge in [-0.1, -0.05) is 12.1 Å². The number of nitriles is 1. The quantitative estimate of drug-likeness (QED) is 0.868. The summed E-state index contributed by atoms with van der Waals surface area (Å²) in [5.41, 5.74) is 0.144. The average molecular weight is 280 g/mol. The first kappa shape index (κ1) is 14.0. The largest absolute Gasteiger partial charge is 0.393 e. The van der Waals surface area contributed by atoms with Crippen LogP contribution in [0.1, 0.15) is 31.2 Å². The van der Waals surface area contributed by atoms with Gasteiger partial charge in [0.05, 0.1) is 16.6 Å². The summed E-state index contributed by atoms with van der Waals surface area (Å²) >= 11 is 0. The molecular weight excluding hydrogens is 264 g/mol. The lowest BCUT2D eigenvalue weighted by atomic mass is 9.94. The maximum atomic E-state index is 12.2. The number of benzene rings is 1. The molecule has 0 saturated heterocycles. The Bertz CT molecular complexity index is 584. The fourth-order valence-electron chi connectivity index (χ4n) is 2.27. The number of aliphatic hydroxyl groups is 1. The van der Waals surface area contributed by atoms with Crippen molar-refractivity contribution in [3.8, 4) is 6.07 Å². The highest BCUT2D eigenvalue weighted by atomic mass is 32.2. The Hall–Kier alpha value is -1.42. The second-order valence-corrected chi connectivity index (χ2v) is 6.42. The molecule has 0 bridgehead atoms. The van der Waals surface area contributed by atoms with Crippen molar-refractivity contribution in [1.29, 1.82) is 5.26 Å². The van der Waals surface area contributed by atoms with Crippen LogP contribution >= 0.6 is 0 Å². The molecule has 0 spiro atoms. The fourth-order valence-corrected chi connectivity index (χ4v) is 3.73. The van der Waals surface area contributed by atoms with Crippen LogP contribution in [0.2, 0.25) is 0 Å². The van der Waals surface area contributed by atoms with E-state index >= 15 is 0 Å². The Kier molecular flexibility index (Phi) is 4.20. The van der Waals surface area contributed by atoms with Gasteiger partial charge in [0, 0.05) is 6.04 Å². The molecule has 0 aromatic heterocycles. The third-order valence-corrected chi connectivity index (χ3v) is 4.89. The molecule has 0 heterocycles. The highest BCUT2D eigenvalue weighted by Gasteiger charge is 2.26. The Morgan fingerprint density at radius 1 is 1.21 bits per heavy atom. The highest BCUT2D eigenvalue weighted by molar-refractivity contribution is 7.89. The third kappa shape index (κ3) is 3.32. The number of rotatable bonds is 3. The summed E-state index contributed by atoms with van der Waals surface area (Å²) in [5, 5.41) is 18.4. The van der Waals surface area contributed by atoms with Crippen molar-refractivity contribution in [2.45, 2.75) is 42.7 Å². The zero-order chi connectivity index (χ0) is 13.9. The summed E-state index contributed by atoms with van der Waals surface area (Å²) in [6, 6.07) is 7.87. The van der Waals surface area contributed by atoms with Crippen molar-refractivity contribution in [2.24, 2.45) is 0 Å². The van der Waals surface area contributed by atoms with E-state index in [1.165, 1.54) is 12.1 Å². The van der Waals surface area contributed by atoms with Crippen molar-refractivity contribution < 1.29 is 13.5 Å². The average Bonchev–Trinajstić information content (AvgIpc) is 2.41. The molecule has 0 aliphatic heterocycles. The molecule has 2 N–H and O–H groups in total. The highest BCUT2D eigenvalue weighted by Crippen LogP contribution is 2.21. The van der Waals surface area contributed by atoms with Crippen molar-refractivity contribution in [3.63, 3.8) is 0 Å². The zero-order valence-corrected chi connectivity index (χ0v) is 11.2. The van der Waals surface area contributed by atoms with Crippen LogP contribution in [0, 0.1) is 11.3 Å². The smallest absolute Gasteiger partial charge is 0.242 e. The van der Waals surface area contributed by atoms with E-state index < -0.39 is 10.0 Å². The summed E-state index contributed by atoms with van der Waals surface area (Å²) in [6.45, 7) is 0. The van der Waals surface area contributed by atoms with Crippen LogP contribution in [0.15, 0.2) is 29.2 Å². The van der Waals surface area contributed by atoms with E-state index in [-0.39, 0.29) is 22.6 Å². The lowest BCUT2D eigenvalue weighted by molar-refractivity contribution is 0.120. The Morgan fingerprint density at radius 3 is 2.47 bits per heavy atom. The molecule has 2 rings (SSSR count). The topological polar surface area (TPSA) is 90.2 Å². The summed E-state index contributed by atoms with van der Waals surface area (Å²) in [7, 11) is -3.67. The molecule has 0 unspecified atom stereocenters. The number of nitrogens with one attached hydrogen (secondary N) is 1. The molecule has 1 fully saturated rings. The number of sulfonamides is 1. The molecule has 1 aromatic rings. The molecule has 0 atom stereocenters. The van der Waals surface area contributed by atoms with Crippen LogP contribution in [0.5, 0.6) is 0 Å². The van der Waals surface area contributed by atoms with Gasteiger partial charge in [-0.15, -0.1) is 0 Å². The summed E-state index contributed by atoms with van der Waals surface area (Å²) in [6.07, 6.45) is 2.12. The molecule has 0 radical (unpaired) electrons. The molecule has 0 amide bonds. The standard InChI is InChI=1S/C13H16N2O3S/c14-9-10-3-1-2-4-13(10)19(17,18)15-11-5-7-12(16)8-6-11/h1-4,11-12,15-16H,5-8H2. The lowest BCUT2D eigenvalue weighted by Crippen LogP contribution is -2.38. The minimum Gasteiger partial charge on any atom is -0.393 e. The number of hydrogen-bond donors (Lipinski definition) is 2. The predicted octanol–water partition coefficient (Wildman–Crippen LogP) is 1.14. The van der Waals surface area contributed by atoms with E-state index in [1.807, 2.05) is 6.07 Å². The van der Waals surface area contributed by atoms with Gasteiger partial charge in [0.2, 0.25) is 10.0 Å². The maximum Gasteiger partial charge on any atom is 0.242 e. The van der Waals surface area contributed by atoms with Crippen LogP contribution in [0.25, 0.3) is 0 Å². The molecule has 1 saturated carbocycles. The Morgan fingerprint density at radius 2 is 1.84 bits per heavy atom. The van der Waals surface area contributed by atoms with Gasteiger partial charge >= 0.3 is 0 Å². The van der Waals surface area contributed by atoms with E-state index in [0.717, 1.165) is 0 Å². The normalized spacial score (nSPS) is 23.8. The van der Waals surface area contributed by atoms with Crippen molar-refractivity contribution in [2.75, 3.05) is 0 Å². The van der Waals surface area contributed by atoms with E-state index in [9.17, 15) is 13.5 Å². The first-order valence-corrected chi connectivity index (χ1v) is 7.71. The summed E-state index contributed by atoms with van der Waals surface area (Å²) in [4.78, 5) is 0.0172. The van der Waals surface area contributed by atoms with Gasteiger partial charge in [0.25, 0.3) is 0 Å². The van der Waals surface area contributed by atoms with Gasteiger partial charge < -0.3 is 5.11 Å². The van der Waals surface area contributed by atoms with Crippen LogP contribution in [0.3, 0.4) is 0 Å². The minimum absolute atomic E-state index is 0.0172. The predicted molar refractivity (Wildman–Crippen MR) is 69.7 cm³/mol. The monoisotopic (exact) mass is 280 g/mol. The first-order chi connectivity index (χ1) is 9.03. The number of aliphatic hydroxyl groups excluding tert-OH is 1. The van der Waals surface area contributed by atoms with Gasteiger partial charge in [-0.2, -0.15) is 5.26 Å². The van der Waals surface area contributed by atoms with Gasteiger partial charge in [-0.3, -0.25) is 0 Å². The van der Waals surface area contributed by atoms with E-state index in [0.29, 0.717) is 25.7 Å². The van der Waals surface area contributed by atoms with Gasteiger partial charge in [-0.25, -0.2) is 13.1 Å². The van der Waals surface area contributed by atoms with E-state index in [4.69, 9.17) is 5.26 Å². The molecule has 1 aliphatic carbocycles. The number of hydrogen-bond acceptors (Lipinski definition) is 4. The minimum atomic E-state index is -3.67. The fraction of sp³-hybridized carbons (Fsp3) is 0.462. The van der Waals surface area contributed by atoms with Gasteiger partial charge in [0.1, 0.15) is 6.07 Å². The second kappa shape index (κ2) is 5.70. The van der Waals surface area contributed by atoms with Crippen molar-refractivity contribution >= 4 is 10.0 Å². The van der Waals surface area contributed by atoms with Crippen LogP contribution in [-0.2, 0) is 10.0 Å². The van der Waals surface area contributed by atoms with Crippen molar-refractivity contribution in [1.82, 2.24) is 4.72 Å². The van der Waals surface area contributed by atoms with E-state index in [2.05, 4.69) is 4.72 Å². The first-order valence-electron chi connectivity index (χ1n) is 6.22. The zero-order valence-electron chi connectivity index (χ0n) is 10.4. The molecule has 5 nitrogen and oxygen atoms in total. The van der Waals surface area contributed by atoms with Crippen LogP contribution in [-0.4, -0.2) is 25.7 Å². The van der Waals surface area contributed by atoms with Crippen molar-refractivity contribution in [3.05, 3.63) is 29.8 Å². The SMILES string of the molecule is N#Cc1ccccc1S(=O)(=O)NC1CCC(O)CC1. The molecule has 19 heavy (non-hydrogen) atoms. The summed E-state index contributed by atoms with van der Waals surface area (Å²) < 4.78 is 27.1. The number of nitrogens with zero attached hydrogens (tertiary/aromatic N) is 1. The lowest BCUT2D eigenvalue weighted by Gasteiger charge is -2.26. The molecule has 102 valence electrons. The third-order valence-electron chi connectivity index (χ3n) is 3.32. The Balaban J connectivity index is 2.17. The molecular formula is C13H16N2O3S.